The molecular weight excluding hydrogens is 336 g/mol. The standard InChI is InChI=1S/C19H18N2O3S/c1-12-5-4-8-16-18(12)13(11-25-16)9-20-14-6-2-3-7-15(14)21(19(20)24)10-17(22)23/h2-8,13H,9-11H2,1H3,(H,22,23). The molecule has 1 aliphatic heterocycles. The molecular formula is C19H18N2O3S. The van der Waals surface area contributed by atoms with Crippen LogP contribution in [0, 0.1) is 6.92 Å². The molecule has 2 aromatic carbocycles. The predicted octanol–water partition coefficient (Wildman–Crippen LogP) is 3.09. The Labute approximate surface area is 148 Å². The molecule has 1 atom stereocenters. The molecule has 0 saturated carbocycles. The fourth-order valence-corrected chi connectivity index (χ4v) is 4.99. The summed E-state index contributed by atoms with van der Waals surface area (Å²) in [6.07, 6.45) is 0. The average molecular weight is 354 g/mol. The molecule has 6 heteroatoms. The van der Waals surface area contributed by atoms with Gasteiger partial charge in [0.05, 0.1) is 11.0 Å². The van der Waals surface area contributed by atoms with Crippen molar-refractivity contribution in [1.82, 2.24) is 9.13 Å². The number of imidazole rings is 1. The molecule has 4 rings (SSSR count). The number of aliphatic carboxylic acids is 1. The molecule has 0 amide bonds. The van der Waals surface area contributed by atoms with Crippen LogP contribution >= 0.6 is 11.8 Å². The largest absolute Gasteiger partial charge is 0.480 e. The van der Waals surface area contributed by atoms with Crippen LogP contribution < -0.4 is 5.69 Å². The number of rotatable bonds is 4. The molecule has 25 heavy (non-hydrogen) atoms. The number of carboxylic acid groups (broad SMARTS) is 1. The zero-order valence-corrected chi connectivity index (χ0v) is 14.6. The van der Waals surface area contributed by atoms with Crippen molar-refractivity contribution in [3.8, 4) is 0 Å². The van der Waals surface area contributed by atoms with E-state index in [4.69, 9.17) is 5.11 Å². The van der Waals surface area contributed by atoms with Crippen molar-refractivity contribution in [3.63, 3.8) is 0 Å². The maximum atomic E-state index is 12.9. The maximum absolute atomic E-state index is 12.9. The lowest BCUT2D eigenvalue weighted by molar-refractivity contribution is -0.137. The van der Waals surface area contributed by atoms with E-state index in [-0.39, 0.29) is 18.2 Å². The van der Waals surface area contributed by atoms with Crippen molar-refractivity contribution < 1.29 is 9.90 Å². The van der Waals surface area contributed by atoms with Crippen LogP contribution in [-0.2, 0) is 17.9 Å². The quantitative estimate of drug-likeness (QED) is 0.782. The van der Waals surface area contributed by atoms with E-state index in [1.807, 2.05) is 30.0 Å². The summed E-state index contributed by atoms with van der Waals surface area (Å²) in [5, 5.41) is 9.14. The third kappa shape index (κ3) is 2.66. The Kier molecular flexibility index (Phi) is 3.92. The molecule has 0 aliphatic carbocycles. The number of para-hydroxylation sites is 2. The average Bonchev–Trinajstić information content (AvgIpc) is 3.11. The number of benzene rings is 2. The van der Waals surface area contributed by atoms with Crippen LogP contribution in [0.2, 0.25) is 0 Å². The first-order valence-corrected chi connectivity index (χ1v) is 9.17. The lowest BCUT2D eigenvalue weighted by atomic mass is 9.96. The Balaban J connectivity index is 1.81. The van der Waals surface area contributed by atoms with E-state index in [0.29, 0.717) is 12.1 Å². The van der Waals surface area contributed by atoms with Crippen LogP contribution in [0.5, 0.6) is 0 Å². The van der Waals surface area contributed by atoms with Gasteiger partial charge in [0.25, 0.3) is 0 Å². The molecule has 0 fully saturated rings. The smallest absolute Gasteiger partial charge is 0.329 e. The van der Waals surface area contributed by atoms with Crippen LogP contribution in [0.4, 0.5) is 0 Å². The Morgan fingerprint density at radius 1 is 1.16 bits per heavy atom. The highest BCUT2D eigenvalue weighted by Crippen LogP contribution is 2.42. The van der Waals surface area contributed by atoms with Gasteiger partial charge in [-0.05, 0) is 36.2 Å². The summed E-state index contributed by atoms with van der Waals surface area (Å²) in [6.45, 7) is 2.35. The van der Waals surface area contributed by atoms with Gasteiger partial charge in [-0.1, -0.05) is 24.3 Å². The molecule has 0 bridgehead atoms. The molecule has 0 spiro atoms. The number of carboxylic acids is 1. The number of thioether (sulfide) groups is 1. The molecule has 2 heterocycles. The van der Waals surface area contributed by atoms with Crippen molar-refractivity contribution in [2.24, 2.45) is 0 Å². The van der Waals surface area contributed by atoms with Crippen LogP contribution in [0.15, 0.2) is 52.2 Å². The van der Waals surface area contributed by atoms with E-state index in [0.717, 1.165) is 11.3 Å². The maximum Gasteiger partial charge on any atom is 0.329 e. The number of hydrogen-bond acceptors (Lipinski definition) is 3. The van der Waals surface area contributed by atoms with Crippen LogP contribution in [0.3, 0.4) is 0 Å². The topological polar surface area (TPSA) is 64.2 Å². The van der Waals surface area contributed by atoms with Crippen molar-refractivity contribution in [2.45, 2.75) is 30.8 Å². The normalized spacial score (nSPS) is 16.3. The number of hydrogen-bond donors (Lipinski definition) is 1. The van der Waals surface area contributed by atoms with E-state index >= 15 is 0 Å². The van der Waals surface area contributed by atoms with Crippen LogP contribution in [0.25, 0.3) is 11.0 Å². The third-order valence-corrected chi connectivity index (χ3v) is 5.99. The highest BCUT2D eigenvalue weighted by molar-refractivity contribution is 7.99. The Morgan fingerprint density at radius 2 is 1.88 bits per heavy atom. The highest BCUT2D eigenvalue weighted by Gasteiger charge is 2.27. The summed E-state index contributed by atoms with van der Waals surface area (Å²) in [5.74, 6) is 0.177. The first-order valence-electron chi connectivity index (χ1n) is 8.18. The van der Waals surface area contributed by atoms with Crippen LogP contribution in [-0.4, -0.2) is 26.0 Å². The van der Waals surface area contributed by atoms with E-state index in [9.17, 15) is 9.59 Å². The minimum Gasteiger partial charge on any atom is -0.480 e. The second kappa shape index (κ2) is 6.11. The van der Waals surface area contributed by atoms with Crippen molar-refractivity contribution in [1.29, 1.82) is 0 Å². The lowest BCUT2D eigenvalue weighted by Gasteiger charge is -2.14. The lowest BCUT2D eigenvalue weighted by Crippen LogP contribution is -2.28. The number of fused-ring (bicyclic) bond motifs is 2. The van der Waals surface area contributed by atoms with E-state index in [2.05, 4.69) is 25.1 Å². The first-order chi connectivity index (χ1) is 12.1. The van der Waals surface area contributed by atoms with Gasteiger partial charge in [-0.2, -0.15) is 0 Å². The zero-order chi connectivity index (χ0) is 17.6. The van der Waals surface area contributed by atoms with Crippen molar-refractivity contribution in [3.05, 3.63) is 64.1 Å². The molecule has 1 N–H and O–H groups in total. The molecule has 0 radical (unpaired) electrons. The number of aromatic nitrogens is 2. The Morgan fingerprint density at radius 3 is 2.60 bits per heavy atom. The van der Waals surface area contributed by atoms with Crippen molar-refractivity contribution in [2.75, 3.05) is 5.75 Å². The Bertz CT molecular complexity index is 1030. The van der Waals surface area contributed by atoms with Gasteiger partial charge in [0, 0.05) is 23.1 Å². The number of nitrogens with zero attached hydrogens (tertiary/aromatic N) is 2. The van der Waals surface area contributed by atoms with Gasteiger partial charge < -0.3 is 5.11 Å². The highest BCUT2D eigenvalue weighted by atomic mass is 32.2. The van der Waals surface area contributed by atoms with Gasteiger partial charge in [0.15, 0.2) is 0 Å². The monoisotopic (exact) mass is 354 g/mol. The summed E-state index contributed by atoms with van der Waals surface area (Å²) in [6, 6.07) is 13.7. The number of aryl methyl sites for hydroxylation is 1. The minimum atomic E-state index is -1.01. The molecule has 1 unspecified atom stereocenters. The molecule has 3 aromatic rings. The predicted molar refractivity (Wildman–Crippen MR) is 98.5 cm³/mol. The summed E-state index contributed by atoms with van der Waals surface area (Å²) in [5.41, 5.74) is 3.77. The van der Waals surface area contributed by atoms with Gasteiger partial charge in [-0.15, -0.1) is 11.8 Å². The first kappa shape index (κ1) is 16.0. The zero-order valence-electron chi connectivity index (χ0n) is 13.8. The van der Waals surface area contributed by atoms with E-state index in [1.165, 1.54) is 20.6 Å². The van der Waals surface area contributed by atoms with E-state index in [1.54, 1.807) is 10.6 Å². The van der Waals surface area contributed by atoms with Gasteiger partial charge >= 0.3 is 11.7 Å². The van der Waals surface area contributed by atoms with Gasteiger partial charge in [-0.3, -0.25) is 13.9 Å². The van der Waals surface area contributed by atoms with E-state index < -0.39 is 5.97 Å². The molecule has 0 saturated heterocycles. The molecule has 128 valence electrons. The fraction of sp³-hybridized carbons (Fsp3) is 0.263. The van der Waals surface area contributed by atoms with Crippen molar-refractivity contribution >= 4 is 28.8 Å². The SMILES string of the molecule is Cc1cccc2c1C(Cn1c(=O)n(CC(=O)O)c3ccccc31)CS2. The fourth-order valence-electron chi connectivity index (χ4n) is 3.68. The molecule has 1 aliphatic rings. The van der Waals surface area contributed by atoms with Gasteiger partial charge in [0.2, 0.25) is 0 Å². The summed E-state index contributed by atoms with van der Waals surface area (Å²) in [4.78, 5) is 25.3. The minimum absolute atomic E-state index is 0.253. The van der Waals surface area contributed by atoms with Crippen LogP contribution in [0.1, 0.15) is 17.0 Å². The summed E-state index contributed by atoms with van der Waals surface area (Å²) in [7, 11) is 0. The second-order valence-corrected chi connectivity index (χ2v) is 7.42. The third-order valence-electron chi connectivity index (χ3n) is 4.75. The summed E-state index contributed by atoms with van der Waals surface area (Å²) < 4.78 is 3.07. The second-order valence-electron chi connectivity index (χ2n) is 6.36. The Hall–Kier alpha value is -2.47. The van der Waals surface area contributed by atoms with Gasteiger partial charge in [0.1, 0.15) is 6.54 Å². The number of carbonyl (C=O) groups is 1. The molecule has 1 aromatic heterocycles. The molecule has 5 nitrogen and oxygen atoms in total. The summed E-state index contributed by atoms with van der Waals surface area (Å²) >= 11 is 1.82. The van der Waals surface area contributed by atoms with Gasteiger partial charge in [-0.25, -0.2) is 4.79 Å².